The highest BCUT2D eigenvalue weighted by molar-refractivity contribution is 7.88. The van der Waals surface area contributed by atoms with E-state index in [0.717, 1.165) is 48.6 Å². The zero-order valence-electron chi connectivity index (χ0n) is 14.2. The van der Waals surface area contributed by atoms with Gasteiger partial charge in [0, 0.05) is 56.1 Å². The van der Waals surface area contributed by atoms with Crippen molar-refractivity contribution < 1.29 is 8.42 Å². The number of hydrogen-bond donors (Lipinski definition) is 0. The minimum absolute atomic E-state index is 0.358. The van der Waals surface area contributed by atoms with Gasteiger partial charge in [-0.05, 0) is 25.0 Å². The third-order valence-corrected chi connectivity index (χ3v) is 6.07. The van der Waals surface area contributed by atoms with Crippen molar-refractivity contribution in [1.82, 2.24) is 19.3 Å². The molecule has 0 amide bonds. The van der Waals surface area contributed by atoms with Gasteiger partial charge in [-0.1, -0.05) is 0 Å². The maximum Gasteiger partial charge on any atom is 0.211 e. The molecule has 1 fully saturated rings. The van der Waals surface area contributed by atoms with Crippen LogP contribution in [0.1, 0.15) is 24.1 Å². The molecule has 0 N–H and O–H groups in total. The van der Waals surface area contributed by atoms with Crippen molar-refractivity contribution in [2.75, 3.05) is 30.8 Å². The molecular weight excluding hydrogens is 338 g/mol. The number of hydrogen-bond acceptors (Lipinski definition) is 6. The van der Waals surface area contributed by atoms with Gasteiger partial charge in [0.2, 0.25) is 10.0 Å². The minimum Gasteiger partial charge on any atom is -0.356 e. The monoisotopic (exact) mass is 359 g/mol. The zero-order chi connectivity index (χ0) is 17.4. The van der Waals surface area contributed by atoms with Crippen LogP contribution in [-0.2, 0) is 23.0 Å². The number of rotatable bonds is 3. The smallest absolute Gasteiger partial charge is 0.211 e. The Morgan fingerprint density at radius 2 is 1.76 bits per heavy atom. The van der Waals surface area contributed by atoms with Crippen LogP contribution < -0.4 is 4.90 Å². The first-order valence-corrected chi connectivity index (χ1v) is 10.4. The van der Waals surface area contributed by atoms with Gasteiger partial charge in [-0.3, -0.25) is 4.98 Å². The van der Waals surface area contributed by atoms with E-state index in [4.69, 9.17) is 9.97 Å². The molecule has 0 atom stereocenters. The highest BCUT2D eigenvalue weighted by Crippen LogP contribution is 2.31. The number of nitrogens with zero attached hydrogens (tertiary/aromatic N) is 5. The average molecular weight is 359 g/mol. The van der Waals surface area contributed by atoms with Gasteiger partial charge < -0.3 is 4.90 Å². The first-order chi connectivity index (χ1) is 12.0. The summed E-state index contributed by atoms with van der Waals surface area (Å²) in [6.45, 7) is 2.74. The summed E-state index contributed by atoms with van der Waals surface area (Å²) in [5, 5.41) is 0. The van der Waals surface area contributed by atoms with Gasteiger partial charge >= 0.3 is 0 Å². The van der Waals surface area contributed by atoms with Crippen molar-refractivity contribution in [3.05, 3.63) is 35.8 Å². The Hall–Kier alpha value is -2.06. The Balaban J connectivity index is 1.81. The Labute approximate surface area is 147 Å². The average Bonchev–Trinajstić information content (AvgIpc) is 3.15. The van der Waals surface area contributed by atoms with Crippen LogP contribution in [0.25, 0.3) is 11.4 Å². The molecule has 0 spiro atoms. The van der Waals surface area contributed by atoms with Crippen molar-refractivity contribution in [3.8, 4) is 11.4 Å². The maximum atomic E-state index is 12.0. The molecule has 2 aromatic rings. The molecule has 4 rings (SSSR count). The maximum absolute atomic E-state index is 12.0. The van der Waals surface area contributed by atoms with E-state index in [1.54, 1.807) is 12.4 Å². The van der Waals surface area contributed by atoms with E-state index >= 15 is 0 Å². The first kappa shape index (κ1) is 16.4. The summed E-state index contributed by atoms with van der Waals surface area (Å²) < 4.78 is 25.5. The molecule has 7 nitrogen and oxygen atoms in total. The molecule has 0 bridgehead atoms. The summed E-state index contributed by atoms with van der Waals surface area (Å²) in [5.41, 5.74) is 2.85. The van der Waals surface area contributed by atoms with Gasteiger partial charge in [-0.15, -0.1) is 0 Å². The lowest BCUT2D eigenvalue weighted by atomic mass is 10.1. The Bertz CT molecular complexity index is 879. The first-order valence-electron chi connectivity index (χ1n) is 8.52. The highest BCUT2D eigenvalue weighted by Gasteiger charge is 2.30. The molecule has 0 radical (unpaired) electrons. The Morgan fingerprint density at radius 3 is 2.44 bits per heavy atom. The van der Waals surface area contributed by atoms with Gasteiger partial charge in [0.05, 0.1) is 11.9 Å². The van der Waals surface area contributed by atoms with Crippen LogP contribution in [0.2, 0.25) is 0 Å². The molecule has 1 saturated heterocycles. The molecule has 0 aliphatic carbocycles. The number of pyridine rings is 1. The summed E-state index contributed by atoms with van der Waals surface area (Å²) in [6.07, 6.45) is 7.63. The third-order valence-electron chi connectivity index (χ3n) is 4.82. The minimum atomic E-state index is -3.22. The second-order valence-electron chi connectivity index (χ2n) is 6.57. The number of sulfonamides is 1. The number of fused-ring (bicyclic) bond motifs is 1. The van der Waals surface area contributed by atoms with Crippen molar-refractivity contribution in [1.29, 1.82) is 0 Å². The predicted molar refractivity (Wildman–Crippen MR) is 95.7 cm³/mol. The SMILES string of the molecule is CS(=O)(=O)N1CCc2nc(-c3ccncc3)nc(N3CCCC3)c2C1. The zero-order valence-corrected chi connectivity index (χ0v) is 15.0. The van der Waals surface area contributed by atoms with Crippen molar-refractivity contribution >= 4 is 15.8 Å². The third kappa shape index (κ3) is 3.23. The van der Waals surface area contributed by atoms with Crippen LogP contribution in [0, 0.1) is 0 Å². The topological polar surface area (TPSA) is 79.3 Å². The molecule has 2 aromatic heterocycles. The van der Waals surface area contributed by atoms with Gasteiger partial charge in [0.15, 0.2) is 5.82 Å². The van der Waals surface area contributed by atoms with Crippen LogP contribution in [0.4, 0.5) is 5.82 Å². The molecular formula is C17H21N5O2S. The molecule has 8 heteroatoms. The van der Waals surface area contributed by atoms with Crippen LogP contribution in [-0.4, -0.2) is 53.6 Å². The Morgan fingerprint density at radius 1 is 1.04 bits per heavy atom. The molecule has 4 heterocycles. The summed E-state index contributed by atoms with van der Waals surface area (Å²) in [7, 11) is -3.22. The van der Waals surface area contributed by atoms with Crippen molar-refractivity contribution in [2.24, 2.45) is 0 Å². The van der Waals surface area contributed by atoms with E-state index in [9.17, 15) is 8.42 Å². The molecule has 2 aliphatic rings. The van der Waals surface area contributed by atoms with Crippen LogP contribution in [0.15, 0.2) is 24.5 Å². The Kier molecular flexibility index (Phi) is 4.16. The lowest BCUT2D eigenvalue weighted by Gasteiger charge is -2.30. The number of aromatic nitrogens is 3. The largest absolute Gasteiger partial charge is 0.356 e. The molecule has 132 valence electrons. The van der Waals surface area contributed by atoms with Crippen LogP contribution >= 0.6 is 0 Å². The van der Waals surface area contributed by atoms with Crippen molar-refractivity contribution in [2.45, 2.75) is 25.8 Å². The fourth-order valence-electron chi connectivity index (χ4n) is 3.48. The predicted octanol–water partition coefficient (Wildman–Crippen LogP) is 1.46. The fraction of sp³-hybridized carbons (Fsp3) is 0.471. The van der Waals surface area contributed by atoms with E-state index in [0.29, 0.717) is 25.3 Å². The van der Waals surface area contributed by atoms with Gasteiger partial charge in [0.1, 0.15) is 5.82 Å². The lowest BCUT2D eigenvalue weighted by molar-refractivity contribution is 0.390. The second kappa shape index (κ2) is 6.34. The van der Waals surface area contributed by atoms with E-state index in [1.165, 1.54) is 10.6 Å². The number of anilines is 1. The normalized spacial score (nSPS) is 18.4. The molecule has 25 heavy (non-hydrogen) atoms. The van der Waals surface area contributed by atoms with E-state index < -0.39 is 10.0 Å². The summed E-state index contributed by atoms with van der Waals surface area (Å²) in [4.78, 5) is 15.9. The van der Waals surface area contributed by atoms with Crippen molar-refractivity contribution in [3.63, 3.8) is 0 Å². The second-order valence-corrected chi connectivity index (χ2v) is 8.56. The van der Waals surface area contributed by atoms with E-state index in [-0.39, 0.29) is 0 Å². The van der Waals surface area contributed by atoms with E-state index in [1.807, 2.05) is 12.1 Å². The van der Waals surface area contributed by atoms with Gasteiger partial charge in [0.25, 0.3) is 0 Å². The molecule has 0 aromatic carbocycles. The molecule has 0 unspecified atom stereocenters. The summed E-state index contributed by atoms with van der Waals surface area (Å²) in [6, 6.07) is 3.81. The standard InChI is InChI=1S/C17H21N5O2S/c1-25(23,24)22-11-6-15-14(12-22)17(21-9-2-3-10-21)20-16(19-15)13-4-7-18-8-5-13/h4-5,7-8H,2-3,6,9-12H2,1H3. The van der Waals surface area contributed by atoms with Crippen LogP contribution in [0.5, 0.6) is 0 Å². The van der Waals surface area contributed by atoms with Crippen LogP contribution in [0.3, 0.4) is 0 Å². The lowest BCUT2D eigenvalue weighted by Crippen LogP contribution is -2.37. The quantitative estimate of drug-likeness (QED) is 0.825. The highest BCUT2D eigenvalue weighted by atomic mass is 32.2. The fourth-order valence-corrected chi connectivity index (χ4v) is 4.26. The molecule has 0 saturated carbocycles. The summed E-state index contributed by atoms with van der Waals surface area (Å²) >= 11 is 0. The molecule has 2 aliphatic heterocycles. The van der Waals surface area contributed by atoms with Gasteiger partial charge in [-0.25, -0.2) is 18.4 Å². The van der Waals surface area contributed by atoms with Gasteiger partial charge in [-0.2, -0.15) is 4.31 Å². The van der Waals surface area contributed by atoms with E-state index in [2.05, 4.69) is 9.88 Å². The summed E-state index contributed by atoms with van der Waals surface area (Å²) in [5.74, 6) is 1.58.